The number of hydrogen-bond donors (Lipinski definition) is 1. The monoisotopic (exact) mass is 469 g/mol. The smallest absolute Gasteiger partial charge is 0.263 e. The number of carbonyl (C=O) groups excluding carboxylic acids is 1. The molecule has 1 aliphatic rings. The van der Waals surface area contributed by atoms with E-state index in [0.717, 1.165) is 14.5 Å². The van der Waals surface area contributed by atoms with Crippen molar-refractivity contribution in [3.05, 3.63) is 61.9 Å². The number of nitrogens with one attached hydrogen (secondary N) is 1. The molecular formula is C16H9Br2NO2S2. The largest absolute Gasteiger partial charge is 0.457 e. The van der Waals surface area contributed by atoms with Crippen molar-refractivity contribution in [2.75, 3.05) is 0 Å². The Bertz CT molecular complexity index is 819. The summed E-state index contributed by atoms with van der Waals surface area (Å²) in [7, 11) is 0. The van der Waals surface area contributed by atoms with Crippen LogP contribution in [-0.4, -0.2) is 10.2 Å². The topological polar surface area (TPSA) is 38.3 Å². The first-order valence-corrected chi connectivity index (χ1v) is 9.30. The van der Waals surface area contributed by atoms with E-state index in [4.69, 9.17) is 17.0 Å². The Labute approximate surface area is 159 Å². The van der Waals surface area contributed by atoms with Gasteiger partial charge < -0.3 is 10.1 Å². The molecule has 23 heavy (non-hydrogen) atoms. The van der Waals surface area contributed by atoms with Crippen LogP contribution in [0.2, 0.25) is 0 Å². The zero-order valence-electron chi connectivity index (χ0n) is 11.5. The maximum atomic E-state index is 11.8. The van der Waals surface area contributed by atoms with E-state index >= 15 is 0 Å². The minimum atomic E-state index is -0.186. The van der Waals surface area contributed by atoms with Crippen LogP contribution in [0.3, 0.4) is 0 Å². The minimum absolute atomic E-state index is 0.186. The van der Waals surface area contributed by atoms with E-state index in [0.29, 0.717) is 20.7 Å². The summed E-state index contributed by atoms with van der Waals surface area (Å²) >= 11 is 13.1. The second-order valence-electron chi connectivity index (χ2n) is 4.59. The van der Waals surface area contributed by atoms with Crippen LogP contribution >= 0.6 is 55.8 Å². The van der Waals surface area contributed by atoms with Crippen molar-refractivity contribution in [3.8, 4) is 11.5 Å². The summed E-state index contributed by atoms with van der Waals surface area (Å²) < 4.78 is 8.28. The third kappa shape index (κ3) is 4.23. The Kier molecular flexibility index (Phi) is 5.21. The first-order valence-electron chi connectivity index (χ1n) is 6.49. The van der Waals surface area contributed by atoms with Crippen LogP contribution in [-0.2, 0) is 4.79 Å². The molecule has 0 atom stereocenters. The lowest BCUT2D eigenvalue weighted by molar-refractivity contribution is -0.115. The van der Waals surface area contributed by atoms with Gasteiger partial charge in [-0.15, -0.1) is 0 Å². The molecule has 0 aromatic heterocycles. The van der Waals surface area contributed by atoms with Crippen molar-refractivity contribution in [1.29, 1.82) is 0 Å². The van der Waals surface area contributed by atoms with Gasteiger partial charge in [-0.3, -0.25) is 4.79 Å². The molecule has 116 valence electrons. The Morgan fingerprint density at radius 3 is 2.43 bits per heavy atom. The van der Waals surface area contributed by atoms with E-state index in [1.54, 1.807) is 6.08 Å². The number of halogens is 2. The number of thiocarbonyl (C=S) groups is 1. The molecule has 0 unspecified atom stereocenters. The number of thioether (sulfide) groups is 1. The number of ether oxygens (including phenoxy) is 1. The lowest BCUT2D eigenvalue weighted by atomic mass is 10.2. The molecule has 1 amide bonds. The Balaban J connectivity index is 1.95. The van der Waals surface area contributed by atoms with Crippen LogP contribution in [0.25, 0.3) is 6.08 Å². The normalized spacial score (nSPS) is 15.8. The standard InChI is InChI=1S/C16H9Br2NO2S2/c17-10-1-4-12(5-2-10)21-13-6-3-11(18)7-9(13)8-14-15(20)19-16(22)23-14/h1-8H,(H,19,20,22)/b14-8+. The number of rotatable bonds is 3. The third-order valence-corrected chi connectivity index (χ3v) is 5.13. The SMILES string of the molecule is O=C1NC(=S)S/C1=C/c1cc(Br)ccc1Oc1ccc(Br)cc1. The van der Waals surface area contributed by atoms with Crippen molar-refractivity contribution < 1.29 is 9.53 Å². The van der Waals surface area contributed by atoms with Crippen LogP contribution in [0.4, 0.5) is 0 Å². The molecule has 2 aromatic carbocycles. The molecule has 1 aliphatic heterocycles. The Morgan fingerprint density at radius 1 is 1.09 bits per heavy atom. The van der Waals surface area contributed by atoms with Gasteiger partial charge in [0.2, 0.25) is 0 Å². The van der Waals surface area contributed by atoms with Gasteiger partial charge in [0.1, 0.15) is 15.8 Å². The van der Waals surface area contributed by atoms with Crippen molar-refractivity contribution in [2.45, 2.75) is 0 Å². The number of amides is 1. The van der Waals surface area contributed by atoms with E-state index in [9.17, 15) is 4.79 Å². The number of carbonyl (C=O) groups is 1. The molecule has 0 saturated carbocycles. The molecule has 7 heteroatoms. The molecule has 0 bridgehead atoms. The highest BCUT2D eigenvalue weighted by molar-refractivity contribution is 9.10. The van der Waals surface area contributed by atoms with Gasteiger partial charge in [0, 0.05) is 14.5 Å². The van der Waals surface area contributed by atoms with Crippen LogP contribution in [0.1, 0.15) is 5.56 Å². The Hall–Kier alpha value is -1.15. The summed E-state index contributed by atoms with van der Waals surface area (Å²) in [5.41, 5.74) is 0.796. The van der Waals surface area contributed by atoms with Crippen molar-refractivity contribution in [1.82, 2.24) is 5.32 Å². The zero-order valence-corrected chi connectivity index (χ0v) is 16.3. The van der Waals surface area contributed by atoms with E-state index in [-0.39, 0.29) is 5.91 Å². The average molecular weight is 471 g/mol. The summed E-state index contributed by atoms with van der Waals surface area (Å²) in [6, 6.07) is 13.2. The van der Waals surface area contributed by atoms with Gasteiger partial charge in [-0.2, -0.15) is 0 Å². The van der Waals surface area contributed by atoms with Gasteiger partial charge in [-0.05, 0) is 48.5 Å². The first kappa shape index (κ1) is 16.7. The number of hydrogen-bond acceptors (Lipinski definition) is 4. The second kappa shape index (κ2) is 7.17. The minimum Gasteiger partial charge on any atom is -0.457 e. The molecule has 0 spiro atoms. The van der Waals surface area contributed by atoms with Crippen molar-refractivity contribution in [2.24, 2.45) is 0 Å². The summed E-state index contributed by atoms with van der Waals surface area (Å²) in [4.78, 5) is 12.4. The first-order chi connectivity index (χ1) is 11.0. The van der Waals surface area contributed by atoms with Crippen LogP contribution < -0.4 is 10.1 Å². The summed E-state index contributed by atoms with van der Waals surface area (Å²) in [5, 5.41) is 2.61. The zero-order chi connectivity index (χ0) is 16.4. The molecule has 1 heterocycles. The molecule has 1 saturated heterocycles. The molecule has 0 aliphatic carbocycles. The molecule has 0 radical (unpaired) electrons. The van der Waals surface area contributed by atoms with Gasteiger partial charge in [0.25, 0.3) is 5.91 Å². The lowest BCUT2D eigenvalue weighted by Crippen LogP contribution is -2.17. The summed E-state index contributed by atoms with van der Waals surface area (Å²) in [6.45, 7) is 0. The van der Waals surface area contributed by atoms with Gasteiger partial charge >= 0.3 is 0 Å². The lowest BCUT2D eigenvalue weighted by Gasteiger charge is -2.10. The molecule has 1 N–H and O–H groups in total. The summed E-state index contributed by atoms with van der Waals surface area (Å²) in [5.74, 6) is 1.19. The van der Waals surface area contributed by atoms with Gasteiger partial charge in [0.05, 0.1) is 4.91 Å². The molecular weight excluding hydrogens is 462 g/mol. The molecule has 3 rings (SSSR count). The fraction of sp³-hybridized carbons (Fsp3) is 0. The third-order valence-electron chi connectivity index (χ3n) is 2.94. The van der Waals surface area contributed by atoms with E-state index < -0.39 is 0 Å². The van der Waals surface area contributed by atoms with Gasteiger partial charge in [0.15, 0.2) is 0 Å². The average Bonchev–Trinajstić information content (AvgIpc) is 2.82. The molecule has 1 fully saturated rings. The highest BCUT2D eigenvalue weighted by atomic mass is 79.9. The van der Waals surface area contributed by atoms with Crippen LogP contribution in [0.5, 0.6) is 11.5 Å². The summed E-state index contributed by atoms with van der Waals surface area (Å²) in [6.07, 6.45) is 1.78. The van der Waals surface area contributed by atoms with E-state index in [1.165, 1.54) is 11.8 Å². The maximum absolute atomic E-state index is 11.8. The van der Waals surface area contributed by atoms with E-state index in [1.807, 2.05) is 42.5 Å². The van der Waals surface area contributed by atoms with Crippen molar-refractivity contribution >= 4 is 72.1 Å². The highest BCUT2D eigenvalue weighted by Gasteiger charge is 2.22. The second-order valence-corrected chi connectivity index (χ2v) is 8.14. The van der Waals surface area contributed by atoms with Crippen molar-refractivity contribution in [3.63, 3.8) is 0 Å². The Morgan fingerprint density at radius 2 is 1.78 bits per heavy atom. The predicted molar refractivity (Wildman–Crippen MR) is 105 cm³/mol. The quantitative estimate of drug-likeness (QED) is 0.475. The fourth-order valence-corrected chi connectivity index (χ4v) is 3.60. The van der Waals surface area contributed by atoms with Gasteiger partial charge in [-0.1, -0.05) is 55.8 Å². The fourth-order valence-electron chi connectivity index (χ4n) is 1.92. The van der Waals surface area contributed by atoms with Crippen LogP contribution in [0, 0.1) is 0 Å². The number of benzene rings is 2. The van der Waals surface area contributed by atoms with E-state index in [2.05, 4.69) is 37.2 Å². The van der Waals surface area contributed by atoms with Crippen LogP contribution in [0.15, 0.2) is 56.3 Å². The maximum Gasteiger partial charge on any atom is 0.263 e. The molecule has 3 nitrogen and oxygen atoms in total. The van der Waals surface area contributed by atoms with Gasteiger partial charge in [-0.25, -0.2) is 0 Å². The highest BCUT2D eigenvalue weighted by Crippen LogP contribution is 2.33. The predicted octanol–water partition coefficient (Wildman–Crippen LogP) is 5.49. The molecule has 2 aromatic rings.